The lowest BCUT2D eigenvalue weighted by molar-refractivity contribution is -0.145. The SMILES string of the molecule is CCCCCC1C/C(=N/O)C=C(C)C1C(=O)OC. The van der Waals surface area contributed by atoms with Crippen LogP contribution in [0.3, 0.4) is 0 Å². The Balaban J connectivity index is 2.82. The summed E-state index contributed by atoms with van der Waals surface area (Å²) in [6, 6.07) is 0. The molecule has 0 heterocycles. The van der Waals surface area contributed by atoms with Crippen LogP contribution in [0.5, 0.6) is 0 Å². The van der Waals surface area contributed by atoms with Gasteiger partial charge in [0.2, 0.25) is 0 Å². The van der Waals surface area contributed by atoms with Crippen LogP contribution < -0.4 is 0 Å². The Kier molecular flexibility index (Phi) is 5.89. The van der Waals surface area contributed by atoms with Gasteiger partial charge in [-0.15, -0.1) is 0 Å². The summed E-state index contributed by atoms with van der Waals surface area (Å²) in [6.07, 6.45) is 6.83. The first-order chi connectivity index (χ1) is 8.63. The van der Waals surface area contributed by atoms with E-state index < -0.39 is 0 Å². The van der Waals surface area contributed by atoms with E-state index in [2.05, 4.69) is 12.1 Å². The number of carbonyl (C=O) groups excluding carboxylic acids is 1. The van der Waals surface area contributed by atoms with Crippen molar-refractivity contribution < 1.29 is 14.7 Å². The molecule has 1 aliphatic carbocycles. The van der Waals surface area contributed by atoms with Crippen LogP contribution in [0.15, 0.2) is 16.8 Å². The number of ether oxygens (including phenoxy) is 1. The molecule has 2 unspecified atom stereocenters. The van der Waals surface area contributed by atoms with Crippen molar-refractivity contribution in [2.24, 2.45) is 17.0 Å². The Morgan fingerprint density at radius 2 is 2.28 bits per heavy atom. The summed E-state index contributed by atoms with van der Waals surface area (Å²) in [5.41, 5.74) is 1.59. The first-order valence-electron chi connectivity index (χ1n) is 6.61. The highest BCUT2D eigenvalue weighted by atomic mass is 16.5. The van der Waals surface area contributed by atoms with Crippen molar-refractivity contribution in [3.05, 3.63) is 11.6 Å². The number of oxime groups is 1. The highest BCUT2D eigenvalue weighted by Crippen LogP contribution is 2.34. The smallest absolute Gasteiger partial charge is 0.313 e. The van der Waals surface area contributed by atoms with E-state index in [0.29, 0.717) is 12.1 Å². The Hall–Kier alpha value is -1.32. The molecule has 0 aromatic carbocycles. The third-order valence-electron chi connectivity index (χ3n) is 3.59. The third kappa shape index (κ3) is 3.59. The maximum Gasteiger partial charge on any atom is 0.313 e. The minimum absolute atomic E-state index is 0.178. The number of hydrogen-bond acceptors (Lipinski definition) is 4. The highest BCUT2D eigenvalue weighted by Gasteiger charge is 2.34. The molecule has 1 N–H and O–H groups in total. The maximum atomic E-state index is 11.8. The highest BCUT2D eigenvalue weighted by molar-refractivity contribution is 5.98. The van der Waals surface area contributed by atoms with Gasteiger partial charge in [-0.25, -0.2) is 0 Å². The van der Waals surface area contributed by atoms with Crippen LogP contribution in [0.25, 0.3) is 0 Å². The average molecular weight is 253 g/mol. The van der Waals surface area contributed by atoms with Crippen LogP contribution in [-0.2, 0) is 9.53 Å². The average Bonchev–Trinajstić information content (AvgIpc) is 2.37. The molecular weight excluding hydrogens is 230 g/mol. The Labute approximate surface area is 109 Å². The summed E-state index contributed by atoms with van der Waals surface area (Å²) in [5, 5.41) is 12.2. The van der Waals surface area contributed by atoms with E-state index in [0.717, 1.165) is 24.8 Å². The predicted octanol–water partition coefficient (Wildman–Crippen LogP) is 3.15. The number of carbonyl (C=O) groups is 1. The van der Waals surface area contributed by atoms with E-state index in [9.17, 15) is 4.79 Å². The lowest BCUT2D eigenvalue weighted by atomic mass is 9.75. The summed E-state index contributed by atoms with van der Waals surface area (Å²) in [7, 11) is 1.42. The van der Waals surface area contributed by atoms with Crippen LogP contribution in [0, 0.1) is 11.8 Å². The first kappa shape index (κ1) is 14.7. The molecule has 0 saturated heterocycles. The predicted molar refractivity (Wildman–Crippen MR) is 70.7 cm³/mol. The fourth-order valence-electron chi connectivity index (χ4n) is 2.67. The molecule has 0 amide bonds. The van der Waals surface area contributed by atoms with Crippen molar-refractivity contribution in [3.63, 3.8) is 0 Å². The van der Waals surface area contributed by atoms with Gasteiger partial charge in [0, 0.05) is 0 Å². The van der Waals surface area contributed by atoms with Crippen molar-refractivity contribution >= 4 is 11.7 Å². The van der Waals surface area contributed by atoms with Crippen molar-refractivity contribution in [3.8, 4) is 0 Å². The van der Waals surface area contributed by atoms with Crippen molar-refractivity contribution in [1.82, 2.24) is 0 Å². The van der Waals surface area contributed by atoms with Crippen molar-refractivity contribution in [2.75, 3.05) is 7.11 Å². The number of hydrogen-bond donors (Lipinski definition) is 1. The molecule has 0 saturated carbocycles. The van der Waals surface area contributed by atoms with Gasteiger partial charge < -0.3 is 9.94 Å². The molecule has 1 aliphatic rings. The zero-order valence-electron chi connectivity index (χ0n) is 11.5. The monoisotopic (exact) mass is 253 g/mol. The normalized spacial score (nSPS) is 25.9. The van der Waals surface area contributed by atoms with Crippen LogP contribution >= 0.6 is 0 Å². The van der Waals surface area contributed by atoms with Crippen molar-refractivity contribution in [1.29, 1.82) is 0 Å². The number of esters is 1. The third-order valence-corrected chi connectivity index (χ3v) is 3.59. The van der Waals surface area contributed by atoms with Gasteiger partial charge in [0.1, 0.15) is 0 Å². The number of unbranched alkanes of at least 4 members (excludes halogenated alkanes) is 2. The molecule has 0 radical (unpaired) electrons. The molecule has 0 aromatic heterocycles. The maximum absolute atomic E-state index is 11.8. The van der Waals surface area contributed by atoms with Gasteiger partial charge in [-0.1, -0.05) is 36.9 Å². The molecule has 18 heavy (non-hydrogen) atoms. The summed E-state index contributed by atoms with van der Waals surface area (Å²) < 4.78 is 4.88. The van der Waals surface area contributed by atoms with Crippen LogP contribution in [0.4, 0.5) is 0 Å². The molecule has 0 fully saturated rings. The molecule has 0 bridgehead atoms. The minimum atomic E-state index is -0.183. The first-order valence-corrected chi connectivity index (χ1v) is 6.61. The minimum Gasteiger partial charge on any atom is -0.469 e. The van der Waals surface area contributed by atoms with Gasteiger partial charge in [-0.3, -0.25) is 4.79 Å². The van der Waals surface area contributed by atoms with Gasteiger partial charge in [0.25, 0.3) is 0 Å². The summed E-state index contributed by atoms with van der Waals surface area (Å²) >= 11 is 0. The molecule has 0 spiro atoms. The lowest BCUT2D eigenvalue weighted by Gasteiger charge is -2.29. The number of nitrogens with zero attached hydrogens (tertiary/aromatic N) is 1. The van der Waals surface area contributed by atoms with Crippen LogP contribution in [0.2, 0.25) is 0 Å². The second-order valence-corrected chi connectivity index (χ2v) is 4.94. The summed E-state index contributed by atoms with van der Waals surface area (Å²) in [4.78, 5) is 11.8. The molecule has 102 valence electrons. The lowest BCUT2D eigenvalue weighted by Crippen LogP contribution is -2.31. The van der Waals surface area contributed by atoms with Crippen LogP contribution in [-0.4, -0.2) is 24.0 Å². The number of rotatable bonds is 5. The zero-order chi connectivity index (χ0) is 13.5. The molecule has 0 aliphatic heterocycles. The Morgan fingerprint density at radius 1 is 1.56 bits per heavy atom. The molecular formula is C14H23NO3. The molecule has 0 aromatic rings. The van der Waals surface area contributed by atoms with E-state index in [1.54, 1.807) is 6.08 Å². The number of methoxy groups -OCH3 is 1. The van der Waals surface area contributed by atoms with E-state index in [-0.39, 0.29) is 17.8 Å². The quantitative estimate of drug-likeness (QED) is 0.354. The molecule has 4 heteroatoms. The fourth-order valence-corrected chi connectivity index (χ4v) is 2.67. The Morgan fingerprint density at radius 3 is 2.83 bits per heavy atom. The molecule has 1 rings (SSSR count). The Bertz CT molecular complexity index is 347. The molecule has 2 atom stereocenters. The second kappa shape index (κ2) is 7.19. The van der Waals surface area contributed by atoms with Crippen molar-refractivity contribution in [2.45, 2.75) is 46.0 Å². The van der Waals surface area contributed by atoms with Gasteiger partial charge >= 0.3 is 5.97 Å². The van der Waals surface area contributed by atoms with E-state index in [1.807, 2.05) is 6.92 Å². The van der Waals surface area contributed by atoms with Crippen LogP contribution in [0.1, 0.15) is 46.0 Å². The second-order valence-electron chi connectivity index (χ2n) is 4.94. The van der Waals surface area contributed by atoms with E-state index in [1.165, 1.54) is 13.5 Å². The van der Waals surface area contributed by atoms with E-state index in [4.69, 9.17) is 9.94 Å². The zero-order valence-corrected chi connectivity index (χ0v) is 11.5. The fraction of sp³-hybridized carbons (Fsp3) is 0.714. The van der Waals surface area contributed by atoms with Gasteiger partial charge in [0.05, 0.1) is 18.7 Å². The number of allylic oxidation sites excluding steroid dienone is 1. The van der Waals surface area contributed by atoms with E-state index >= 15 is 0 Å². The van der Waals surface area contributed by atoms with Gasteiger partial charge in [0.15, 0.2) is 0 Å². The summed E-state index contributed by atoms with van der Waals surface area (Å²) in [5.74, 6) is -0.167. The standard InChI is InChI=1S/C14H23NO3/c1-4-5-6-7-11-9-12(15-17)8-10(2)13(11)14(16)18-3/h8,11,13,17H,4-7,9H2,1-3H3/b15-12+. The van der Waals surface area contributed by atoms with Gasteiger partial charge in [-0.2, -0.15) is 0 Å². The summed E-state index contributed by atoms with van der Waals surface area (Å²) in [6.45, 7) is 4.06. The molecule has 4 nitrogen and oxygen atoms in total. The topological polar surface area (TPSA) is 58.9 Å². The van der Waals surface area contributed by atoms with Gasteiger partial charge in [-0.05, 0) is 31.8 Å². The largest absolute Gasteiger partial charge is 0.469 e.